The Balaban J connectivity index is 1.35. The summed E-state index contributed by atoms with van der Waals surface area (Å²) in [6, 6.07) is 22.6. The second-order valence-corrected chi connectivity index (χ2v) is 13.5. The number of hydrogen-bond donors (Lipinski definition) is 3. The van der Waals surface area contributed by atoms with Crippen LogP contribution in [0.4, 0.5) is 16.0 Å². The highest BCUT2D eigenvalue weighted by molar-refractivity contribution is 7.90. The molecular weight excluding hydrogens is 688 g/mol. The van der Waals surface area contributed by atoms with Crippen LogP contribution in [0, 0.1) is 17.1 Å². The van der Waals surface area contributed by atoms with E-state index in [9.17, 15) is 27.7 Å². The fourth-order valence-electron chi connectivity index (χ4n) is 5.65. The number of esters is 1. The summed E-state index contributed by atoms with van der Waals surface area (Å²) in [6.07, 6.45) is 3.77. The predicted octanol–water partition coefficient (Wildman–Crippen LogP) is 5.53. The number of rotatable bonds is 11. The lowest BCUT2D eigenvalue weighted by Gasteiger charge is -2.22. The number of pyridine rings is 1. The minimum atomic E-state index is -4.05. The first-order chi connectivity index (χ1) is 25.0. The molecule has 0 saturated heterocycles. The average Bonchev–Trinajstić information content (AvgIpc) is 3.57. The van der Waals surface area contributed by atoms with Gasteiger partial charge in [0.05, 0.1) is 47.0 Å². The third-order valence-corrected chi connectivity index (χ3v) is 10.1. The van der Waals surface area contributed by atoms with Crippen LogP contribution >= 0.6 is 0 Å². The predicted molar refractivity (Wildman–Crippen MR) is 191 cm³/mol. The fourth-order valence-corrected chi connectivity index (χ4v) is 6.99. The van der Waals surface area contributed by atoms with Crippen molar-refractivity contribution < 1.29 is 27.1 Å². The van der Waals surface area contributed by atoms with Crippen LogP contribution in [0.15, 0.2) is 109 Å². The molecule has 3 aromatic heterocycles. The van der Waals surface area contributed by atoms with E-state index in [0.29, 0.717) is 27.6 Å². The lowest BCUT2D eigenvalue weighted by molar-refractivity contribution is -0.140. The van der Waals surface area contributed by atoms with Crippen LogP contribution in [-0.2, 0) is 19.6 Å². The van der Waals surface area contributed by atoms with Crippen LogP contribution in [0.3, 0.4) is 0 Å². The van der Waals surface area contributed by atoms with E-state index in [2.05, 4.69) is 25.6 Å². The molecule has 0 fully saturated rings. The van der Waals surface area contributed by atoms with Crippen molar-refractivity contribution in [3.63, 3.8) is 0 Å². The van der Waals surface area contributed by atoms with Crippen molar-refractivity contribution in [3.05, 3.63) is 132 Å². The molecule has 3 heterocycles. The third-order valence-electron chi connectivity index (χ3n) is 8.39. The standard InChI is InChI=1S/C37H31FN8O5S/c1-22(24-12-14-27(38)15-13-24)44-37(48)29-16-23(18-39)19-41-35(29)45-31(17-32(47)51-2)26-10-8-25(9-11-26)30-20-46(36-33(30)34(40)42-21-43-36)52(49,50)28-6-4-3-5-7-28/h3-16,19-22,31H,17H2,1-2H3,(H,41,45)(H,44,48)(H2,40,42,43)/t22-,31?/m0/s1. The van der Waals surface area contributed by atoms with Crippen LogP contribution in [-0.4, -0.2) is 46.3 Å². The lowest BCUT2D eigenvalue weighted by atomic mass is 9.98. The molecule has 0 spiro atoms. The molecule has 0 aliphatic carbocycles. The highest BCUT2D eigenvalue weighted by Crippen LogP contribution is 2.36. The molecule has 0 bridgehead atoms. The molecule has 0 radical (unpaired) electrons. The van der Waals surface area contributed by atoms with Crippen molar-refractivity contribution in [1.82, 2.24) is 24.2 Å². The summed E-state index contributed by atoms with van der Waals surface area (Å²) in [7, 11) is -2.80. The molecule has 3 aromatic carbocycles. The number of methoxy groups -OCH3 is 1. The molecular formula is C37H31FN8O5S. The number of benzene rings is 3. The second-order valence-electron chi connectivity index (χ2n) is 11.7. The highest BCUT2D eigenvalue weighted by atomic mass is 32.2. The van der Waals surface area contributed by atoms with Crippen molar-refractivity contribution >= 4 is 44.6 Å². The molecule has 52 heavy (non-hydrogen) atoms. The van der Waals surface area contributed by atoms with Crippen LogP contribution in [0.5, 0.6) is 0 Å². The van der Waals surface area contributed by atoms with E-state index in [1.807, 2.05) is 6.07 Å². The maximum atomic E-state index is 13.7. The fraction of sp³-hybridized carbons (Fsp3) is 0.135. The number of nitriles is 1. The van der Waals surface area contributed by atoms with Gasteiger partial charge in [0.1, 0.15) is 29.8 Å². The van der Waals surface area contributed by atoms with Crippen molar-refractivity contribution in [2.45, 2.75) is 30.3 Å². The first kappa shape index (κ1) is 35.2. The smallest absolute Gasteiger partial charge is 0.307 e. The molecule has 262 valence electrons. The van der Waals surface area contributed by atoms with E-state index < -0.39 is 39.8 Å². The molecule has 1 amide bonds. The molecule has 0 aliphatic heterocycles. The Bertz CT molecular complexity index is 2430. The topological polar surface area (TPSA) is 195 Å². The van der Waals surface area contributed by atoms with Gasteiger partial charge >= 0.3 is 5.97 Å². The summed E-state index contributed by atoms with van der Waals surface area (Å²) >= 11 is 0. The van der Waals surface area contributed by atoms with Crippen LogP contribution in [0.25, 0.3) is 22.2 Å². The number of ether oxygens (including phenoxy) is 1. The van der Waals surface area contributed by atoms with E-state index in [1.54, 1.807) is 61.5 Å². The van der Waals surface area contributed by atoms with Crippen molar-refractivity contribution in [2.24, 2.45) is 0 Å². The Kier molecular flexibility index (Phi) is 9.93. The number of hydrogen-bond acceptors (Lipinski definition) is 11. The number of halogens is 1. The number of fused-ring (bicyclic) bond motifs is 1. The van der Waals surface area contributed by atoms with Gasteiger partial charge in [-0.25, -0.2) is 31.7 Å². The van der Waals surface area contributed by atoms with Crippen molar-refractivity contribution in [1.29, 1.82) is 5.26 Å². The second kappa shape index (κ2) is 14.7. The minimum absolute atomic E-state index is 0.0439. The van der Waals surface area contributed by atoms with Crippen LogP contribution in [0.2, 0.25) is 0 Å². The number of nitrogen functional groups attached to an aromatic ring is 1. The SMILES string of the molecule is COC(=O)CC(Nc1ncc(C#N)cc1C(=O)N[C@@H](C)c1ccc(F)cc1)c1ccc(-c2cn(S(=O)(=O)c3ccccc3)c3ncnc(N)c23)cc1. The van der Waals surface area contributed by atoms with Gasteiger partial charge in [-0.15, -0.1) is 0 Å². The zero-order chi connectivity index (χ0) is 37.0. The molecule has 6 rings (SSSR count). The number of carbonyl (C=O) groups excluding carboxylic acids is 2. The summed E-state index contributed by atoms with van der Waals surface area (Å²) in [5.74, 6) is -1.34. The monoisotopic (exact) mass is 718 g/mol. The molecule has 15 heteroatoms. The zero-order valence-electron chi connectivity index (χ0n) is 27.8. The van der Waals surface area contributed by atoms with Gasteiger partial charge in [-0.05, 0) is 53.9 Å². The normalized spacial score (nSPS) is 12.4. The Morgan fingerprint density at radius 2 is 1.69 bits per heavy atom. The number of nitrogens with two attached hydrogens (primary N) is 1. The first-order valence-corrected chi connectivity index (χ1v) is 17.3. The average molecular weight is 719 g/mol. The minimum Gasteiger partial charge on any atom is -0.469 e. The van der Waals surface area contributed by atoms with Gasteiger partial charge in [0.15, 0.2) is 5.65 Å². The Morgan fingerprint density at radius 3 is 2.37 bits per heavy atom. The van der Waals surface area contributed by atoms with E-state index >= 15 is 0 Å². The molecule has 2 atom stereocenters. The Hall–Kier alpha value is -6.66. The molecule has 0 aliphatic rings. The highest BCUT2D eigenvalue weighted by Gasteiger charge is 2.26. The largest absolute Gasteiger partial charge is 0.469 e. The van der Waals surface area contributed by atoms with E-state index in [0.717, 1.165) is 3.97 Å². The van der Waals surface area contributed by atoms with Gasteiger partial charge < -0.3 is 21.1 Å². The van der Waals surface area contributed by atoms with Crippen molar-refractivity contribution in [3.8, 4) is 17.2 Å². The summed E-state index contributed by atoms with van der Waals surface area (Å²) in [4.78, 5) is 38.9. The summed E-state index contributed by atoms with van der Waals surface area (Å²) in [5, 5.41) is 15.9. The van der Waals surface area contributed by atoms with Gasteiger partial charge in [-0.2, -0.15) is 5.26 Å². The number of amides is 1. The number of nitrogens with one attached hydrogen (secondary N) is 2. The summed E-state index contributed by atoms with van der Waals surface area (Å²) in [6.45, 7) is 1.73. The quantitative estimate of drug-likeness (QED) is 0.143. The number of aromatic nitrogens is 4. The van der Waals surface area contributed by atoms with E-state index in [4.69, 9.17) is 10.5 Å². The van der Waals surface area contributed by atoms with Gasteiger partial charge in [-0.3, -0.25) is 9.59 Å². The van der Waals surface area contributed by atoms with Crippen molar-refractivity contribution in [2.75, 3.05) is 18.2 Å². The van der Waals surface area contributed by atoms with Gasteiger partial charge in [0.25, 0.3) is 15.9 Å². The summed E-state index contributed by atoms with van der Waals surface area (Å²) < 4.78 is 46.8. The van der Waals surface area contributed by atoms with Gasteiger partial charge in [0.2, 0.25) is 0 Å². The van der Waals surface area contributed by atoms with Crippen LogP contribution in [0.1, 0.15) is 52.5 Å². The van der Waals surface area contributed by atoms with E-state index in [1.165, 1.54) is 56.2 Å². The van der Waals surface area contributed by atoms with Gasteiger partial charge in [0, 0.05) is 18.0 Å². The number of carbonyl (C=O) groups is 2. The van der Waals surface area contributed by atoms with Gasteiger partial charge in [-0.1, -0.05) is 54.6 Å². The molecule has 1 unspecified atom stereocenters. The third kappa shape index (κ3) is 7.14. The maximum Gasteiger partial charge on any atom is 0.307 e. The lowest BCUT2D eigenvalue weighted by Crippen LogP contribution is -2.28. The molecule has 6 aromatic rings. The summed E-state index contributed by atoms with van der Waals surface area (Å²) in [5.41, 5.74) is 8.83. The maximum absolute atomic E-state index is 13.7. The Morgan fingerprint density at radius 1 is 1.00 bits per heavy atom. The zero-order valence-corrected chi connectivity index (χ0v) is 28.6. The molecule has 0 saturated carbocycles. The number of anilines is 2. The first-order valence-electron chi connectivity index (χ1n) is 15.8. The Labute approximate surface area is 298 Å². The van der Waals surface area contributed by atoms with E-state index in [-0.39, 0.29) is 39.7 Å². The molecule has 13 nitrogen and oxygen atoms in total. The number of nitrogens with zero attached hydrogens (tertiary/aromatic N) is 5. The molecule has 4 N–H and O–H groups in total. The van der Waals surface area contributed by atoms with Crippen LogP contribution < -0.4 is 16.4 Å².